The van der Waals surface area contributed by atoms with Crippen molar-refractivity contribution in [2.45, 2.75) is 25.4 Å². The van der Waals surface area contributed by atoms with Gasteiger partial charge in [-0.25, -0.2) is 4.98 Å². The molecule has 4 rings (SSSR count). The maximum absolute atomic E-state index is 5.71. The third kappa shape index (κ3) is 4.51. The van der Waals surface area contributed by atoms with Crippen LogP contribution in [0.25, 0.3) is 0 Å². The predicted octanol–water partition coefficient (Wildman–Crippen LogP) is 2.46. The molecule has 0 bridgehead atoms. The molecule has 0 unspecified atom stereocenters. The molecule has 1 aromatic carbocycles. The molecular weight excluding hydrogens is 338 g/mol. The molecule has 0 amide bonds. The van der Waals surface area contributed by atoms with Crippen LogP contribution in [0.1, 0.15) is 18.4 Å². The van der Waals surface area contributed by atoms with E-state index >= 15 is 0 Å². The van der Waals surface area contributed by atoms with Crippen LogP contribution >= 0.6 is 0 Å². The molecule has 1 atom stereocenters. The lowest BCUT2D eigenvalue weighted by atomic mass is 10.0. The number of nitrogens with one attached hydrogen (secondary N) is 1. The normalized spacial score (nSPS) is 20.6. The van der Waals surface area contributed by atoms with E-state index < -0.39 is 0 Å². The minimum absolute atomic E-state index is 0.403. The van der Waals surface area contributed by atoms with Gasteiger partial charge in [0.2, 0.25) is 0 Å². The summed E-state index contributed by atoms with van der Waals surface area (Å²) in [6.45, 7) is 6.17. The van der Waals surface area contributed by atoms with Gasteiger partial charge in [0.25, 0.3) is 0 Å². The monoisotopic (exact) mass is 367 g/mol. The fourth-order valence-corrected chi connectivity index (χ4v) is 3.90. The topological polar surface area (TPSA) is 66.7 Å². The summed E-state index contributed by atoms with van der Waals surface area (Å²) in [7, 11) is 0. The highest BCUT2D eigenvalue weighted by Gasteiger charge is 2.21. The summed E-state index contributed by atoms with van der Waals surface area (Å²) in [6, 6.07) is 13.3. The van der Waals surface area contributed by atoms with Gasteiger partial charge in [0.1, 0.15) is 5.82 Å². The van der Waals surface area contributed by atoms with Gasteiger partial charge in [-0.1, -0.05) is 12.1 Å². The van der Waals surface area contributed by atoms with Gasteiger partial charge in [-0.15, -0.1) is 0 Å². The van der Waals surface area contributed by atoms with E-state index in [1.807, 2.05) is 6.20 Å². The Morgan fingerprint density at radius 3 is 2.63 bits per heavy atom. The van der Waals surface area contributed by atoms with E-state index in [1.165, 1.54) is 29.8 Å². The van der Waals surface area contributed by atoms with Crippen molar-refractivity contribution >= 4 is 17.2 Å². The van der Waals surface area contributed by atoms with Crippen molar-refractivity contribution in [1.82, 2.24) is 4.98 Å². The number of nitrogens with two attached hydrogens (primary N) is 1. The lowest BCUT2D eigenvalue weighted by molar-refractivity contribution is 0.122. The van der Waals surface area contributed by atoms with Gasteiger partial charge < -0.3 is 25.6 Å². The van der Waals surface area contributed by atoms with Gasteiger partial charge in [-0.3, -0.25) is 0 Å². The van der Waals surface area contributed by atoms with Crippen LogP contribution in [0.3, 0.4) is 0 Å². The molecule has 0 radical (unpaired) electrons. The molecule has 2 aromatic rings. The van der Waals surface area contributed by atoms with Crippen molar-refractivity contribution in [1.29, 1.82) is 0 Å². The maximum Gasteiger partial charge on any atom is 0.128 e. The molecule has 0 aliphatic carbocycles. The number of hydrogen-bond donors (Lipinski definition) is 2. The molecule has 27 heavy (non-hydrogen) atoms. The number of nitrogens with zero attached hydrogens (tertiary/aromatic N) is 3. The number of benzene rings is 1. The summed E-state index contributed by atoms with van der Waals surface area (Å²) in [5.41, 5.74) is 9.38. The molecule has 0 spiro atoms. The Morgan fingerprint density at radius 2 is 1.85 bits per heavy atom. The first-order valence-corrected chi connectivity index (χ1v) is 9.91. The van der Waals surface area contributed by atoms with Crippen LogP contribution < -0.4 is 20.9 Å². The third-order valence-electron chi connectivity index (χ3n) is 5.43. The summed E-state index contributed by atoms with van der Waals surface area (Å²) >= 11 is 0. The van der Waals surface area contributed by atoms with E-state index in [4.69, 9.17) is 10.5 Å². The molecule has 3 N–H and O–H groups in total. The van der Waals surface area contributed by atoms with Crippen LogP contribution in [0.4, 0.5) is 17.2 Å². The first-order chi connectivity index (χ1) is 13.3. The van der Waals surface area contributed by atoms with Crippen LogP contribution in [0.15, 0.2) is 42.6 Å². The Labute approximate surface area is 161 Å². The average Bonchev–Trinajstić information content (AvgIpc) is 2.75. The van der Waals surface area contributed by atoms with E-state index in [0.29, 0.717) is 12.6 Å². The van der Waals surface area contributed by atoms with E-state index in [-0.39, 0.29) is 0 Å². The number of piperidine rings is 1. The van der Waals surface area contributed by atoms with Crippen molar-refractivity contribution in [3.05, 3.63) is 48.2 Å². The number of anilines is 3. The first kappa shape index (κ1) is 18.1. The fourth-order valence-electron chi connectivity index (χ4n) is 3.90. The highest BCUT2D eigenvalue weighted by Crippen LogP contribution is 2.24. The van der Waals surface area contributed by atoms with Crippen LogP contribution in [0, 0.1) is 0 Å². The molecule has 1 aromatic heterocycles. The SMILES string of the molecule is NCc1ccc(N2CCC[C@@H](Nc3cc(N4CCOCC4)ccn3)C2)cc1. The fraction of sp³-hybridized carbons (Fsp3) is 0.476. The van der Waals surface area contributed by atoms with Gasteiger partial charge in [0, 0.05) is 62.4 Å². The number of morpholine rings is 1. The first-order valence-electron chi connectivity index (χ1n) is 9.91. The van der Waals surface area contributed by atoms with Crippen LogP contribution in [-0.2, 0) is 11.3 Å². The zero-order valence-electron chi connectivity index (χ0n) is 15.8. The highest BCUT2D eigenvalue weighted by molar-refractivity contribution is 5.55. The summed E-state index contributed by atoms with van der Waals surface area (Å²) < 4.78 is 5.46. The predicted molar refractivity (Wildman–Crippen MR) is 110 cm³/mol. The van der Waals surface area contributed by atoms with Gasteiger partial charge in [-0.2, -0.15) is 0 Å². The number of aromatic nitrogens is 1. The highest BCUT2D eigenvalue weighted by atomic mass is 16.5. The van der Waals surface area contributed by atoms with Gasteiger partial charge in [0.15, 0.2) is 0 Å². The molecule has 144 valence electrons. The quantitative estimate of drug-likeness (QED) is 0.846. The number of hydrogen-bond acceptors (Lipinski definition) is 6. The number of rotatable bonds is 5. The summed E-state index contributed by atoms with van der Waals surface area (Å²) in [4.78, 5) is 9.36. The van der Waals surface area contributed by atoms with Crippen LogP contribution in [0.5, 0.6) is 0 Å². The Balaban J connectivity index is 1.40. The minimum atomic E-state index is 0.403. The van der Waals surface area contributed by atoms with Crippen LogP contribution in [0.2, 0.25) is 0 Å². The van der Waals surface area contributed by atoms with E-state index in [9.17, 15) is 0 Å². The standard InChI is InChI=1S/C21H29N5O/c22-15-17-3-5-19(6-4-17)26-9-1-2-18(16-26)24-21-14-20(7-8-23-21)25-10-12-27-13-11-25/h3-8,14,18H,1-2,9-13,15-16,22H2,(H,23,24)/t18-/m1/s1. The van der Waals surface area contributed by atoms with Crippen molar-refractivity contribution in [3.8, 4) is 0 Å². The second kappa shape index (κ2) is 8.59. The molecule has 6 heteroatoms. The Morgan fingerprint density at radius 1 is 1.04 bits per heavy atom. The lowest BCUT2D eigenvalue weighted by Crippen LogP contribution is -2.42. The van der Waals surface area contributed by atoms with Crippen molar-refractivity contribution in [3.63, 3.8) is 0 Å². The number of pyridine rings is 1. The van der Waals surface area contributed by atoms with Gasteiger partial charge in [-0.05, 0) is 36.6 Å². The zero-order valence-corrected chi connectivity index (χ0v) is 15.8. The molecule has 2 aliphatic rings. The smallest absolute Gasteiger partial charge is 0.128 e. The molecule has 2 saturated heterocycles. The summed E-state index contributed by atoms with van der Waals surface area (Å²) in [5, 5.41) is 3.65. The Hall–Kier alpha value is -2.31. The third-order valence-corrected chi connectivity index (χ3v) is 5.43. The molecule has 6 nitrogen and oxygen atoms in total. The Bertz CT molecular complexity index is 730. The molecule has 3 heterocycles. The number of ether oxygens (including phenoxy) is 1. The van der Waals surface area contributed by atoms with E-state index in [1.54, 1.807) is 0 Å². The second-order valence-corrected chi connectivity index (χ2v) is 7.30. The van der Waals surface area contributed by atoms with Crippen LogP contribution in [-0.4, -0.2) is 50.4 Å². The van der Waals surface area contributed by atoms with Crippen molar-refractivity contribution in [2.75, 3.05) is 54.5 Å². The lowest BCUT2D eigenvalue weighted by Gasteiger charge is -2.35. The van der Waals surface area contributed by atoms with E-state index in [2.05, 4.69) is 56.5 Å². The molecule has 0 saturated carbocycles. The summed E-state index contributed by atoms with van der Waals surface area (Å²) in [6.07, 6.45) is 4.25. The van der Waals surface area contributed by atoms with Gasteiger partial charge in [0.05, 0.1) is 13.2 Å². The second-order valence-electron chi connectivity index (χ2n) is 7.30. The zero-order chi connectivity index (χ0) is 18.5. The van der Waals surface area contributed by atoms with Crippen molar-refractivity contribution < 1.29 is 4.74 Å². The minimum Gasteiger partial charge on any atom is -0.378 e. The van der Waals surface area contributed by atoms with E-state index in [0.717, 1.165) is 45.2 Å². The van der Waals surface area contributed by atoms with Crippen molar-refractivity contribution in [2.24, 2.45) is 5.73 Å². The molecular formula is C21H29N5O. The molecule has 2 fully saturated rings. The summed E-state index contributed by atoms with van der Waals surface area (Å²) in [5.74, 6) is 0.962. The average molecular weight is 367 g/mol. The molecule has 2 aliphatic heterocycles. The largest absolute Gasteiger partial charge is 0.378 e. The maximum atomic E-state index is 5.71. The van der Waals surface area contributed by atoms with Gasteiger partial charge >= 0.3 is 0 Å². The Kier molecular flexibility index (Phi) is 5.75.